The molecule has 9 heteroatoms. The van der Waals surface area contributed by atoms with Crippen LogP contribution in [0.4, 0.5) is 5.69 Å². The van der Waals surface area contributed by atoms with E-state index in [1.165, 1.54) is 24.3 Å². The minimum absolute atomic E-state index is 0.0834. The lowest BCUT2D eigenvalue weighted by Crippen LogP contribution is -2.32. The molecular weight excluding hydrogens is 410 g/mol. The first kappa shape index (κ1) is 22.3. The van der Waals surface area contributed by atoms with Gasteiger partial charge in [-0.2, -0.15) is 0 Å². The second-order valence-electron chi connectivity index (χ2n) is 5.68. The van der Waals surface area contributed by atoms with E-state index in [0.717, 1.165) is 5.56 Å². The van der Waals surface area contributed by atoms with Gasteiger partial charge in [0.05, 0.1) is 12.0 Å². The lowest BCUT2D eigenvalue weighted by atomic mass is 10.2. The number of methoxy groups -OCH3 is 1. The molecule has 0 radical (unpaired) electrons. The van der Waals surface area contributed by atoms with E-state index in [2.05, 4.69) is 21.9 Å². The highest BCUT2D eigenvalue weighted by molar-refractivity contribution is 7.89. The van der Waals surface area contributed by atoms with Crippen molar-refractivity contribution in [1.82, 2.24) is 10.0 Å². The molecule has 1 amide bonds. The number of amides is 1. The van der Waals surface area contributed by atoms with Crippen molar-refractivity contribution in [3.63, 3.8) is 0 Å². The van der Waals surface area contributed by atoms with Crippen LogP contribution in [0.1, 0.15) is 5.56 Å². The van der Waals surface area contributed by atoms with Gasteiger partial charge in [0.25, 0.3) is 0 Å². The van der Waals surface area contributed by atoms with Crippen LogP contribution in [0.3, 0.4) is 0 Å². The number of carbonyl (C=O) groups excluding carboxylic acids is 1. The first-order valence-corrected chi connectivity index (χ1v) is 10.4. The molecule has 29 heavy (non-hydrogen) atoms. The molecule has 0 bridgehead atoms. The quantitative estimate of drug-likeness (QED) is 0.338. The lowest BCUT2D eigenvalue weighted by Gasteiger charge is -2.09. The van der Waals surface area contributed by atoms with Crippen molar-refractivity contribution in [2.75, 3.05) is 19.0 Å². The van der Waals surface area contributed by atoms with Gasteiger partial charge in [0, 0.05) is 23.9 Å². The van der Waals surface area contributed by atoms with Crippen molar-refractivity contribution < 1.29 is 17.9 Å². The topological polar surface area (TPSA) is 96.5 Å². The average Bonchev–Trinajstić information content (AvgIpc) is 2.71. The highest BCUT2D eigenvalue weighted by Crippen LogP contribution is 2.18. The van der Waals surface area contributed by atoms with Crippen LogP contribution in [0.25, 0.3) is 6.08 Å². The monoisotopic (exact) mass is 431 g/mol. The van der Waals surface area contributed by atoms with E-state index < -0.39 is 15.9 Å². The Morgan fingerprint density at radius 3 is 2.52 bits per heavy atom. The third kappa shape index (κ3) is 6.83. The number of hydrogen-bond donors (Lipinski definition) is 3. The molecule has 0 saturated carbocycles. The Hall–Kier alpha value is -3.01. The summed E-state index contributed by atoms with van der Waals surface area (Å²) in [5.41, 5.74) is 1.29. The number of hydrogen-bond acceptors (Lipinski definition) is 5. The molecule has 2 rings (SSSR count). The van der Waals surface area contributed by atoms with Gasteiger partial charge in [0.15, 0.2) is 5.11 Å². The average molecular weight is 432 g/mol. The molecule has 7 nitrogen and oxygen atoms in total. The maximum Gasteiger partial charge on any atom is 0.250 e. The van der Waals surface area contributed by atoms with Crippen LogP contribution < -0.4 is 20.1 Å². The van der Waals surface area contributed by atoms with E-state index >= 15 is 0 Å². The predicted molar refractivity (Wildman–Crippen MR) is 118 cm³/mol. The second kappa shape index (κ2) is 10.5. The van der Waals surface area contributed by atoms with E-state index in [0.29, 0.717) is 11.4 Å². The van der Waals surface area contributed by atoms with Crippen LogP contribution in [0.15, 0.2) is 72.2 Å². The number of nitrogens with one attached hydrogen (secondary N) is 3. The molecule has 0 aliphatic heterocycles. The third-order valence-electron chi connectivity index (χ3n) is 3.63. The number of para-hydroxylation sites is 1. The van der Waals surface area contributed by atoms with Crippen molar-refractivity contribution in [2.24, 2.45) is 0 Å². The van der Waals surface area contributed by atoms with Crippen LogP contribution in [0.2, 0.25) is 0 Å². The minimum atomic E-state index is -3.60. The van der Waals surface area contributed by atoms with Gasteiger partial charge in [-0.05, 0) is 48.6 Å². The number of sulfonamides is 1. The van der Waals surface area contributed by atoms with Gasteiger partial charge in [-0.15, -0.1) is 6.58 Å². The number of thiocarbonyl (C=S) groups is 1. The Labute approximate surface area is 175 Å². The summed E-state index contributed by atoms with van der Waals surface area (Å²) in [4.78, 5) is 12.2. The summed E-state index contributed by atoms with van der Waals surface area (Å²) >= 11 is 5.11. The fourth-order valence-electron chi connectivity index (χ4n) is 2.25. The summed E-state index contributed by atoms with van der Waals surface area (Å²) in [6, 6.07) is 13.2. The molecule has 2 aromatic rings. The number of ether oxygens (including phenoxy) is 1. The van der Waals surface area contributed by atoms with Crippen LogP contribution >= 0.6 is 12.2 Å². The number of anilines is 1. The minimum Gasteiger partial charge on any atom is -0.496 e. The van der Waals surface area contributed by atoms with Crippen molar-refractivity contribution in [3.05, 3.63) is 72.8 Å². The molecule has 0 aromatic heterocycles. The van der Waals surface area contributed by atoms with Crippen molar-refractivity contribution in [2.45, 2.75) is 4.90 Å². The Balaban J connectivity index is 1.94. The maximum atomic E-state index is 12.0. The van der Waals surface area contributed by atoms with E-state index in [1.807, 2.05) is 18.2 Å². The van der Waals surface area contributed by atoms with Gasteiger partial charge in [-0.25, -0.2) is 13.1 Å². The zero-order valence-electron chi connectivity index (χ0n) is 15.7. The van der Waals surface area contributed by atoms with Gasteiger partial charge in [-0.3, -0.25) is 10.1 Å². The summed E-state index contributed by atoms with van der Waals surface area (Å²) in [6.07, 6.45) is 4.41. The van der Waals surface area contributed by atoms with E-state index in [4.69, 9.17) is 17.0 Å². The summed E-state index contributed by atoms with van der Waals surface area (Å²) < 4.78 is 31.7. The van der Waals surface area contributed by atoms with Crippen molar-refractivity contribution >= 4 is 45.0 Å². The maximum absolute atomic E-state index is 12.0. The van der Waals surface area contributed by atoms with E-state index in [1.54, 1.807) is 31.4 Å². The van der Waals surface area contributed by atoms with E-state index in [9.17, 15) is 13.2 Å². The normalized spacial score (nSPS) is 11.1. The van der Waals surface area contributed by atoms with Gasteiger partial charge in [-0.1, -0.05) is 24.3 Å². The van der Waals surface area contributed by atoms with Crippen LogP contribution in [0.5, 0.6) is 5.75 Å². The van der Waals surface area contributed by atoms with E-state index in [-0.39, 0.29) is 16.6 Å². The number of benzene rings is 2. The molecule has 2 aromatic carbocycles. The fourth-order valence-corrected chi connectivity index (χ4v) is 3.47. The zero-order valence-corrected chi connectivity index (χ0v) is 17.3. The largest absolute Gasteiger partial charge is 0.496 e. The Kier molecular flexibility index (Phi) is 8.08. The van der Waals surface area contributed by atoms with Gasteiger partial charge in [0.2, 0.25) is 15.9 Å². The molecule has 0 atom stereocenters. The van der Waals surface area contributed by atoms with Gasteiger partial charge in [0.1, 0.15) is 5.75 Å². The van der Waals surface area contributed by atoms with Crippen LogP contribution in [0, 0.1) is 0 Å². The Morgan fingerprint density at radius 1 is 1.17 bits per heavy atom. The standard InChI is InChI=1S/C20H21N3O4S2/c1-3-14-21-29(25,26)17-11-9-16(10-12-17)22-20(28)23-19(24)13-8-15-6-4-5-7-18(15)27-2/h3-13,21H,1,14H2,2H3,(H2,22,23,24,28)/b13-8+. The molecule has 0 aliphatic rings. The molecular formula is C20H21N3O4S2. The molecule has 152 valence electrons. The van der Waals surface area contributed by atoms with Gasteiger partial charge < -0.3 is 10.1 Å². The highest BCUT2D eigenvalue weighted by atomic mass is 32.2. The molecule has 0 heterocycles. The summed E-state index contributed by atoms with van der Waals surface area (Å²) in [5.74, 6) is 0.233. The predicted octanol–water partition coefficient (Wildman–Crippen LogP) is 2.69. The summed E-state index contributed by atoms with van der Waals surface area (Å²) in [5, 5.41) is 5.43. The number of rotatable bonds is 8. The molecule has 0 unspecified atom stereocenters. The third-order valence-corrected chi connectivity index (χ3v) is 5.27. The van der Waals surface area contributed by atoms with Crippen LogP contribution in [-0.4, -0.2) is 33.1 Å². The summed E-state index contributed by atoms with van der Waals surface area (Å²) in [6.45, 7) is 3.61. The lowest BCUT2D eigenvalue weighted by molar-refractivity contribution is -0.115. The SMILES string of the molecule is C=CCNS(=O)(=O)c1ccc(NC(=S)NC(=O)/C=C/c2ccccc2OC)cc1. The van der Waals surface area contributed by atoms with Crippen molar-refractivity contribution in [3.8, 4) is 5.75 Å². The second-order valence-corrected chi connectivity index (χ2v) is 7.86. The summed E-state index contributed by atoms with van der Waals surface area (Å²) in [7, 11) is -2.04. The Bertz CT molecular complexity index is 1020. The molecule has 0 aliphatic carbocycles. The first-order valence-electron chi connectivity index (χ1n) is 8.49. The molecule has 0 saturated heterocycles. The zero-order chi connectivity index (χ0) is 21.3. The van der Waals surface area contributed by atoms with Gasteiger partial charge >= 0.3 is 0 Å². The molecule has 3 N–H and O–H groups in total. The van der Waals surface area contributed by atoms with Crippen LogP contribution in [-0.2, 0) is 14.8 Å². The van der Waals surface area contributed by atoms with Crippen molar-refractivity contribution in [1.29, 1.82) is 0 Å². The number of carbonyl (C=O) groups is 1. The fraction of sp³-hybridized carbons (Fsp3) is 0.100. The Morgan fingerprint density at radius 2 is 1.86 bits per heavy atom. The smallest absolute Gasteiger partial charge is 0.250 e. The first-order chi connectivity index (χ1) is 13.9. The highest BCUT2D eigenvalue weighted by Gasteiger charge is 2.12. The molecule has 0 spiro atoms. The molecule has 0 fully saturated rings.